The predicted octanol–water partition coefficient (Wildman–Crippen LogP) is 2.93. The van der Waals surface area contributed by atoms with E-state index in [1.165, 1.54) is 37.0 Å². The molecule has 0 atom stereocenters. The van der Waals surface area contributed by atoms with E-state index in [0.717, 1.165) is 28.2 Å². The monoisotopic (exact) mass is 305 g/mol. The van der Waals surface area contributed by atoms with Crippen molar-refractivity contribution in [1.82, 2.24) is 14.9 Å². The van der Waals surface area contributed by atoms with Crippen molar-refractivity contribution < 1.29 is 0 Å². The van der Waals surface area contributed by atoms with Gasteiger partial charge in [-0.1, -0.05) is 6.92 Å². The lowest BCUT2D eigenvalue weighted by Crippen LogP contribution is -2.36. The van der Waals surface area contributed by atoms with Crippen molar-refractivity contribution in [3.63, 3.8) is 0 Å². The second kappa shape index (κ2) is 6.28. The van der Waals surface area contributed by atoms with Crippen LogP contribution in [0.4, 0.5) is 0 Å². The van der Waals surface area contributed by atoms with Gasteiger partial charge in [0.15, 0.2) is 0 Å². The first-order valence-electron chi connectivity index (χ1n) is 7.82. The molecule has 1 aliphatic rings. The Morgan fingerprint density at radius 3 is 2.90 bits per heavy atom. The van der Waals surface area contributed by atoms with Crippen molar-refractivity contribution in [3.05, 3.63) is 27.6 Å². The molecule has 0 aromatic carbocycles. The van der Waals surface area contributed by atoms with E-state index in [1.54, 1.807) is 10.9 Å². The second-order valence-corrected chi connectivity index (χ2v) is 7.13. The molecule has 114 valence electrons. The first kappa shape index (κ1) is 14.7. The summed E-state index contributed by atoms with van der Waals surface area (Å²) in [6.45, 7) is 5.88. The number of hydrogen-bond acceptors (Lipinski definition) is 4. The van der Waals surface area contributed by atoms with Crippen LogP contribution in [-0.2, 0) is 6.54 Å². The third kappa shape index (κ3) is 3.19. The molecule has 1 aliphatic carbocycles. The number of thiophene rings is 1. The van der Waals surface area contributed by atoms with Crippen LogP contribution in [0.1, 0.15) is 38.2 Å². The molecule has 0 unspecified atom stereocenters. The highest BCUT2D eigenvalue weighted by Gasteiger charge is 2.17. The molecule has 0 radical (unpaired) electrons. The summed E-state index contributed by atoms with van der Waals surface area (Å²) in [6, 6.07) is 0.623. The fourth-order valence-corrected chi connectivity index (χ4v) is 4.02. The van der Waals surface area contributed by atoms with Crippen molar-refractivity contribution in [2.24, 2.45) is 5.92 Å². The predicted molar refractivity (Wildman–Crippen MR) is 88.0 cm³/mol. The van der Waals surface area contributed by atoms with E-state index in [4.69, 9.17) is 0 Å². The van der Waals surface area contributed by atoms with E-state index >= 15 is 0 Å². The molecule has 2 heterocycles. The molecule has 0 amide bonds. The van der Waals surface area contributed by atoms with Crippen LogP contribution in [0.25, 0.3) is 10.2 Å². The largest absolute Gasteiger partial charge is 0.312 e. The van der Waals surface area contributed by atoms with Gasteiger partial charge >= 0.3 is 0 Å². The molecule has 1 saturated carbocycles. The number of aromatic nitrogens is 2. The normalized spacial score (nSPS) is 22.8. The lowest BCUT2D eigenvalue weighted by atomic mass is 9.87. The fourth-order valence-electron chi connectivity index (χ4n) is 3.07. The first-order chi connectivity index (χ1) is 10.1. The van der Waals surface area contributed by atoms with Gasteiger partial charge in [0, 0.05) is 19.1 Å². The molecule has 5 heteroatoms. The maximum absolute atomic E-state index is 12.4. The quantitative estimate of drug-likeness (QED) is 0.944. The SMILES string of the molecule is Cc1csc2c(=O)n(CCNC3CCC(C)CC3)cnc12. The molecule has 3 rings (SSSR count). The summed E-state index contributed by atoms with van der Waals surface area (Å²) >= 11 is 1.50. The van der Waals surface area contributed by atoms with Gasteiger partial charge in [0.05, 0.1) is 11.8 Å². The topological polar surface area (TPSA) is 46.9 Å². The molecule has 1 N–H and O–H groups in total. The van der Waals surface area contributed by atoms with Gasteiger partial charge in [0.1, 0.15) is 4.70 Å². The highest BCUT2D eigenvalue weighted by atomic mass is 32.1. The van der Waals surface area contributed by atoms with Crippen LogP contribution in [-0.4, -0.2) is 22.1 Å². The molecular formula is C16H23N3OS. The standard InChI is InChI=1S/C16H23N3OS/c1-11-3-5-13(6-4-11)17-7-8-19-10-18-14-12(2)9-21-15(14)16(19)20/h9-11,13,17H,3-8H2,1-2H3. The van der Waals surface area contributed by atoms with Crippen LogP contribution in [0.5, 0.6) is 0 Å². The maximum Gasteiger partial charge on any atom is 0.271 e. The Balaban J connectivity index is 1.61. The highest BCUT2D eigenvalue weighted by molar-refractivity contribution is 7.17. The molecule has 0 spiro atoms. The van der Waals surface area contributed by atoms with E-state index in [0.29, 0.717) is 12.6 Å². The summed E-state index contributed by atoms with van der Waals surface area (Å²) in [5.74, 6) is 0.874. The van der Waals surface area contributed by atoms with Gasteiger partial charge in [0.2, 0.25) is 0 Å². The Bertz CT molecular complexity index is 668. The van der Waals surface area contributed by atoms with Crippen LogP contribution in [0.2, 0.25) is 0 Å². The third-order valence-electron chi connectivity index (χ3n) is 4.53. The average Bonchev–Trinajstić information content (AvgIpc) is 2.86. The van der Waals surface area contributed by atoms with E-state index in [2.05, 4.69) is 17.2 Å². The minimum Gasteiger partial charge on any atom is -0.312 e. The lowest BCUT2D eigenvalue weighted by molar-refractivity contribution is 0.305. The van der Waals surface area contributed by atoms with E-state index in [9.17, 15) is 4.79 Å². The smallest absolute Gasteiger partial charge is 0.271 e. The minimum atomic E-state index is 0.0946. The molecule has 2 aromatic heterocycles. The average molecular weight is 305 g/mol. The van der Waals surface area contributed by atoms with Crippen molar-refractivity contribution >= 4 is 21.6 Å². The summed E-state index contributed by atoms with van der Waals surface area (Å²) in [4.78, 5) is 16.8. The maximum atomic E-state index is 12.4. The van der Waals surface area contributed by atoms with Crippen LogP contribution >= 0.6 is 11.3 Å². The summed E-state index contributed by atoms with van der Waals surface area (Å²) in [5.41, 5.74) is 2.04. The highest BCUT2D eigenvalue weighted by Crippen LogP contribution is 2.23. The van der Waals surface area contributed by atoms with Gasteiger partial charge in [-0.2, -0.15) is 0 Å². The van der Waals surface area contributed by atoms with Crippen LogP contribution in [0, 0.1) is 12.8 Å². The Hall–Kier alpha value is -1.20. The van der Waals surface area contributed by atoms with Gasteiger partial charge in [0.25, 0.3) is 5.56 Å². The molecule has 21 heavy (non-hydrogen) atoms. The summed E-state index contributed by atoms with van der Waals surface area (Å²) in [5, 5.41) is 5.59. The van der Waals surface area contributed by atoms with Gasteiger partial charge in [-0.3, -0.25) is 9.36 Å². The van der Waals surface area contributed by atoms with Crippen LogP contribution in [0.15, 0.2) is 16.5 Å². The molecule has 0 bridgehead atoms. The number of aryl methyl sites for hydroxylation is 1. The Morgan fingerprint density at radius 2 is 2.14 bits per heavy atom. The number of nitrogens with zero attached hydrogens (tertiary/aromatic N) is 2. The first-order valence-corrected chi connectivity index (χ1v) is 8.69. The molecule has 2 aromatic rings. The molecule has 4 nitrogen and oxygen atoms in total. The minimum absolute atomic E-state index is 0.0946. The zero-order chi connectivity index (χ0) is 14.8. The molecule has 1 fully saturated rings. The Kier molecular flexibility index (Phi) is 4.40. The summed E-state index contributed by atoms with van der Waals surface area (Å²) < 4.78 is 2.51. The number of nitrogens with one attached hydrogen (secondary N) is 1. The lowest BCUT2D eigenvalue weighted by Gasteiger charge is -2.27. The van der Waals surface area contributed by atoms with Crippen molar-refractivity contribution in [2.45, 2.75) is 52.1 Å². The van der Waals surface area contributed by atoms with Gasteiger partial charge in [-0.05, 0) is 49.5 Å². The van der Waals surface area contributed by atoms with Crippen molar-refractivity contribution in [1.29, 1.82) is 0 Å². The van der Waals surface area contributed by atoms with Gasteiger partial charge < -0.3 is 5.32 Å². The zero-order valence-corrected chi connectivity index (χ0v) is 13.6. The van der Waals surface area contributed by atoms with Crippen LogP contribution < -0.4 is 10.9 Å². The van der Waals surface area contributed by atoms with Gasteiger partial charge in [-0.15, -0.1) is 11.3 Å². The number of rotatable bonds is 4. The molecular weight excluding hydrogens is 282 g/mol. The zero-order valence-electron chi connectivity index (χ0n) is 12.8. The summed E-state index contributed by atoms with van der Waals surface area (Å²) in [6.07, 6.45) is 6.85. The van der Waals surface area contributed by atoms with Crippen LogP contribution in [0.3, 0.4) is 0 Å². The Labute approximate surface area is 129 Å². The van der Waals surface area contributed by atoms with Crippen molar-refractivity contribution in [3.8, 4) is 0 Å². The number of fused-ring (bicyclic) bond motifs is 1. The second-order valence-electron chi connectivity index (χ2n) is 6.25. The molecule has 0 aliphatic heterocycles. The third-order valence-corrected chi connectivity index (χ3v) is 5.60. The summed E-state index contributed by atoms with van der Waals surface area (Å²) in [7, 11) is 0. The van der Waals surface area contributed by atoms with Crippen molar-refractivity contribution in [2.75, 3.05) is 6.54 Å². The van der Waals surface area contributed by atoms with E-state index < -0.39 is 0 Å². The van der Waals surface area contributed by atoms with E-state index in [-0.39, 0.29) is 5.56 Å². The molecule has 0 saturated heterocycles. The fraction of sp³-hybridized carbons (Fsp3) is 0.625. The Morgan fingerprint density at radius 1 is 1.38 bits per heavy atom. The van der Waals surface area contributed by atoms with E-state index in [1.807, 2.05) is 12.3 Å². The van der Waals surface area contributed by atoms with Gasteiger partial charge in [-0.25, -0.2) is 4.98 Å². The number of hydrogen-bond donors (Lipinski definition) is 1.